The highest BCUT2D eigenvalue weighted by Gasteiger charge is 2.66. The van der Waals surface area contributed by atoms with E-state index in [1.165, 1.54) is 87.0 Å². The number of benzene rings is 5. The highest BCUT2D eigenvalue weighted by molar-refractivity contribution is 6.93. The number of methoxy groups -OCH3 is 1. The molecule has 4 aliphatic rings. The molecular formula is C63H84O4S. The Morgan fingerprint density at radius 2 is 0.912 bits per heavy atom. The predicted octanol–water partition coefficient (Wildman–Crippen LogP) is 18.9. The number of ether oxygens (including phenoxy) is 2. The lowest BCUT2D eigenvalue weighted by Gasteiger charge is -2.48. The molecule has 1 heterocycles. The SMILES string of the molecule is CC(C)(C)c1ccc2c3c(c4ccc(C(C)(C)C)c5osoc1c2c45)C1CC2CC4CC3CC42C1.CCOc1c(-c2cc(C(C)(C)C)cc(C(C)(C)C)c2OC)cc(C(C)(C)C)cc1C(C)(C)C. The standard InChI is InChI=1S/C32H36O2S.C31H48O2/c1-30(2,3)22-9-7-20-24-16-11-18-13-19-12-17(15-32(18,19)14-16)25(24)21-8-10-23(31(4,5)6)29-27(21)26(20)28(22)33-35-34-29;1-15-33-27-23(17-21(29(5,6)7)19-25(27)31(11,12)13)22-16-20(28(2,3)4)18-24(26(22)32-14)30(8,9)10/h7-10,16-19H,11-15H2,1-6H3;16-19H,15H2,1-14H3. The average Bonchev–Trinajstić information content (AvgIpc) is 3.51. The Hall–Kier alpha value is -3.96. The fraction of sp³-hybridized carbons (Fsp3) is 0.587. The van der Waals surface area contributed by atoms with Crippen LogP contribution in [-0.2, 0) is 32.5 Å². The second-order valence-electron chi connectivity index (χ2n) is 27.9. The molecule has 0 saturated heterocycles. The Labute approximate surface area is 414 Å². The predicted molar refractivity (Wildman–Crippen MR) is 290 cm³/mol. The van der Waals surface area contributed by atoms with Crippen LogP contribution in [0.25, 0.3) is 43.8 Å². The molecule has 0 aliphatic heterocycles. The molecule has 1 spiro atoms. The Kier molecular flexibility index (Phi) is 11.6. The molecule has 3 fully saturated rings. The van der Waals surface area contributed by atoms with Crippen molar-refractivity contribution in [2.45, 2.75) is 208 Å². The van der Waals surface area contributed by atoms with E-state index in [1.807, 2.05) is 0 Å². The maximum absolute atomic E-state index is 6.48. The lowest BCUT2D eigenvalue weighted by atomic mass is 9.56. The number of hydrogen-bond acceptors (Lipinski definition) is 5. The third-order valence-electron chi connectivity index (χ3n) is 17.0. The summed E-state index contributed by atoms with van der Waals surface area (Å²) in [5, 5.41) is 5.51. The van der Waals surface area contributed by atoms with E-state index >= 15 is 0 Å². The second kappa shape index (κ2) is 16.0. The molecule has 366 valence electrons. The van der Waals surface area contributed by atoms with Crippen LogP contribution in [0.5, 0.6) is 11.5 Å². The first-order chi connectivity index (χ1) is 31.4. The molecule has 5 aromatic carbocycles. The van der Waals surface area contributed by atoms with Crippen LogP contribution in [0, 0.1) is 17.3 Å². The minimum atomic E-state index is -0.0539. The minimum absolute atomic E-state index is 0.00689. The number of rotatable bonds is 4. The minimum Gasteiger partial charge on any atom is -0.496 e. The van der Waals surface area contributed by atoms with Crippen molar-refractivity contribution < 1.29 is 17.2 Å². The van der Waals surface area contributed by atoms with Gasteiger partial charge in [0.05, 0.1) is 13.7 Å². The molecule has 10 rings (SSSR count). The van der Waals surface area contributed by atoms with Crippen LogP contribution < -0.4 is 9.47 Å². The van der Waals surface area contributed by atoms with E-state index in [0.29, 0.717) is 23.9 Å². The largest absolute Gasteiger partial charge is 0.496 e. The molecule has 4 atom stereocenters. The third kappa shape index (κ3) is 7.90. The molecule has 68 heavy (non-hydrogen) atoms. The maximum Gasteiger partial charge on any atom is 0.242 e. The number of hydrogen-bond donors (Lipinski definition) is 0. The summed E-state index contributed by atoms with van der Waals surface area (Å²) in [6.45, 7) is 43.7. The highest BCUT2D eigenvalue weighted by atomic mass is 32.1. The quantitative estimate of drug-likeness (QED) is 0.165. The zero-order chi connectivity index (χ0) is 49.6. The van der Waals surface area contributed by atoms with E-state index in [4.69, 9.17) is 17.2 Å². The van der Waals surface area contributed by atoms with Crippen molar-refractivity contribution in [3.05, 3.63) is 93.0 Å². The molecule has 6 aromatic rings. The lowest BCUT2D eigenvalue weighted by molar-refractivity contribution is 0.00322. The molecule has 0 N–H and O–H groups in total. The summed E-state index contributed by atoms with van der Waals surface area (Å²) in [5.41, 5.74) is 15.9. The monoisotopic (exact) mass is 937 g/mol. The van der Waals surface area contributed by atoms with E-state index in [0.717, 1.165) is 57.6 Å². The summed E-state index contributed by atoms with van der Waals surface area (Å²) < 4.78 is 25.5. The van der Waals surface area contributed by atoms with E-state index < -0.39 is 0 Å². The fourth-order valence-corrected chi connectivity index (χ4v) is 14.0. The molecule has 1 aromatic heterocycles. The first-order valence-electron chi connectivity index (χ1n) is 26.1. The molecule has 4 nitrogen and oxygen atoms in total. The van der Waals surface area contributed by atoms with Crippen LogP contribution in [0.2, 0.25) is 0 Å². The summed E-state index contributed by atoms with van der Waals surface area (Å²) >= 11 is 1.16. The molecule has 3 saturated carbocycles. The van der Waals surface area contributed by atoms with Gasteiger partial charge in [-0.2, -0.15) is 0 Å². The molecular weight excluding hydrogens is 853 g/mol. The van der Waals surface area contributed by atoms with Gasteiger partial charge in [0.1, 0.15) is 11.5 Å². The normalized spacial score (nSPS) is 22.5. The summed E-state index contributed by atoms with van der Waals surface area (Å²) in [5.74, 6) is 5.26. The number of fused-ring (bicyclic) bond motifs is 7. The van der Waals surface area contributed by atoms with Crippen LogP contribution in [0.1, 0.15) is 220 Å². The van der Waals surface area contributed by atoms with E-state index in [1.54, 1.807) is 18.2 Å². The van der Waals surface area contributed by atoms with Gasteiger partial charge in [0.15, 0.2) is 11.2 Å². The summed E-state index contributed by atoms with van der Waals surface area (Å²) in [6.07, 6.45) is 7.11. The van der Waals surface area contributed by atoms with E-state index in [2.05, 4.69) is 180 Å². The molecule has 4 aliphatic carbocycles. The molecule has 0 radical (unpaired) electrons. The van der Waals surface area contributed by atoms with Crippen molar-refractivity contribution in [3.8, 4) is 22.6 Å². The van der Waals surface area contributed by atoms with Crippen LogP contribution in [0.4, 0.5) is 0 Å². The van der Waals surface area contributed by atoms with Gasteiger partial charge >= 0.3 is 0 Å². The fourth-order valence-electron chi connectivity index (χ4n) is 13.5. The van der Waals surface area contributed by atoms with E-state index in [9.17, 15) is 0 Å². The van der Waals surface area contributed by atoms with Gasteiger partial charge in [0.2, 0.25) is 11.9 Å². The smallest absolute Gasteiger partial charge is 0.242 e. The summed E-state index contributed by atoms with van der Waals surface area (Å²) in [4.78, 5) is 0. The molecule has 0 amide bonds. The van der Waals surface area contributed by atoms with E-state index in [-0.39, 0.29) is 32.5 Å². The van der Waals surface area contributed by atoms with Crippen molar-refractivity contribution in [3.63, 3.8) is 0 Å². The summed E-state index contributed by atoms with van der Waals surface area (Å²) in [6, 6.07) is 19.0. The van der Waals surface area contributed by atoms with Crippen molar-refractivity contribution >= 4 is 44.6 Å². The molecule has 5 heteroatoms. The summed E-state index contributed by atoms with van der Waals surface area (Å²) in [7, 11) is 1.80. The van der Waals surface area contributed by atoms with Crippen LogP contribution in [0.3, 0.4) is 0 Å². The average molecular weight is 937 g/mol. The zero-order valence-corrected chi connectivity index (χ0v) is 46.5. The van der Waals surface area contributed by atoms with Crippen LogP contribution in [-0.4, -0.2) is 13.7 Å². The Morgan fingerprint density at radius 1 is 0.515 bits per heavy atom. The third-order valence-corrected chi connectivity index (χ3v) is 17.5. The molecule has 3 bridgehead atoms. The Balaban J connectivity index is 0.000000171. The van der Waals surface area contributed by atoms with Crippen molar-refractivity contribution in [2.75, 3.05) is 13.7 Å². The van der Waals surface area contributed by atoms with Crippen molar-refractivity contribution in [1.29, 1.82) is 0 Å². The zero-order valence-electron chi connectivity index (χ0n) is 45.7. The van der Waals surface area contributed by atoms with Crippen molar-refractivity contribution in [1.82, 2.24) is 0 Å². The van der Waals surface area contributed by atoms with Gasteiger partial charge in [-0.3, -0.25) is 0 Å². The van der Waals surface area contributed by atoms with Gasteiger partial charge in [-0.15, -0.1) is 0 Å². The second-order valence-corrected chi connectivity index (χ2v) is 28.3. The van der Waals surface area contributed by atoms with Gasteiger partial charge in [0, 0.05) is 44.2 Å². The molecule has 4 unspecified atom stereocenters. The Morgan fingerprint density at radius 3 is 1.28 bits per heavy atom. The lowest BCUT2D eigenvalue weighted by Crippen LogP contribution is -2.41. The van der Waals surface area contributed by atoms with Gasteiger partial charge in [-0.1, -0.05) is 161 Å². The van der Waals surface area contributed by atoms with Gasteiger partial charge in [0.25, 0.3) is 0 Å². The van der Waals surface area contributed by atoms with Gasteiger partial charge < -0.3 is 17.2 Å². The van der Waals surface area contributed by atoms with Gasteiger partial charge in [-0.05, 0) is 146 Å². The van der Waals surface area contributed by atoms with Gasteiger partial charge in [-0.25, -0.2) is 0 Å². The first kappa shape index (κ1) is 49.0. The highest BCUT2D eigenvalue weighted by Crippen LogP contribution is 2.77. The first-order valence-corrected chi connectivity index (χ1v) is 26.7. The topological polar surface area (TPSA) is 44.7 Å². The van der Waals surface area contributed by atoms with Crippen molar-refractivity contribution in [2.24, 2.45) is 17.3 Å². The Bertz CT molecular complexity index is 2840. The van der Waals surface area contributed by atoms with Crippen LogP contribution in [0.15, 0.2) is 56.2 Å². The van der Waals surface area contributed by atoms with Crippen LogP contribution >= 0.6 is 11.9 Å². The maximum atomic E-state index is 6.48.